The van der Waals surface area contributed by atoms with Crippen LogP contribution in [0.2, 0.25) is 0 Å². The van der Waals surface area contributed by atoms with E-state index >= 15 is 0 Å². The second-order valence-corrected chi connectivity index (χ2v) is 4.54. The van der Waals surface area contributed by atoms with Crippen molar-refractivity contribution in [2.75, 3.05) is 7.11 Å². The van der Waals surface area contributed by atoms with Gasteiger partial charge >= 0.3 is 5.97 Å². The third-order valence-corrected chi connectivity index (χ3v) is 3.00. The minimum Gasteiger partial charge on any atom is -0.495 e. The van der Waals surface area contributed by atoms with Gasteiger partial charge < -0.3 is 15.2 Å². The first-order valence-corrected chi connectivity index (χ1v) is 5.45. The monoisotopic (exact) mass is 243 g/mol. The molecule has 0 aliphatic carbocycles. The minimum absolute atomic E-state index is 0.396. The van der Waals surface area contributed by atoms with E-state index in [2.05, 4.69) is 5.32 Å². The van der Waals surface area contributed by atoms with E-state index in [-0.39, 0.29) is 0 Å². The number of carboxylic acid groups (broad SMARTS) is 1. The molecule has 1 amide bonds. The summed E-state index contributed by atoms with van der Waals surface area (Å²) in [5.41, 5.74) is 0. The highest BCUT2D eigenvalue weighted by molar-refractivity contribution is 7.14. The van der Waals surface area contributed by atoms with Crippen molar-refractivity contribution < 1.29 is 19.4 Å². The normalized spacial score (nSPS) is 11.9. The van der Waals surface area contributed by atoms with E-state index < -0.39 is 17.9 Å². The molecule has 88 valence electrons. The lowest BCUT2D eigenvalue weighted by atomic mass is 10.3. The van der Waals surface area contributed by atoms with E-state index in [1.165, 1.54) is 25.4 Å². The van der Waals surface area contributed by atoms with Crippen molar-refractivity contribution >= 4 is 23.2 Å². The molecule has 1 rings (SSSR count). The molecule has 1 aromatic rings. The lowest BCUT2D eigenvalue weighted by Gasteiger charge is -2.08. The van der Waals surface area contributed by atoms with Gasteiger partial charge in [0.15, 0.2) is 0 Å². The molecule has 6 heteroatoms. The molecule has 5 nitrogen and oxygen atoms in total. The molecule has 0 fully saturated rings. The van der Waals surface area contributed by atoms with Gasteiger partial charge in [0, 0.05) is 4.88 Å². The van der Waals surface area contributed by atoms with Gasteiger partial charge in [0.2, 0.25) is 0 Å². The van der Waals surface area contributed by atoms with Crippen molar-refractivity contribution in [1.82, 2.24) is 5.32 Å². The first kappa shape index (κ1) is 12.5. The highest BCUT2D eigenvalue weighted by Gasteiger charge is 2.20. The van der Waals surface area contributed by atoms with Crippen LogP contribution in [-0.2, 0) is 4.79 Å². The summed E-state index contributed by atoms with van der Waals surface area (Å²) in [5.74, 6) is -1.02. The first-order chi connectivity index (χ1) is 7.45. The quantitative estimate of drug-likeness (QED) is 0.835. The maximum Gasteiger partial charge on any atom is 0.325 e. The third-order valence-electron chi connectivity index (χ3n) is 1.97. The van der Waals surface area contributed by atoms with Gasteiger partial charge in [0.1, 0.15) is 16.7 Å². The smallest absolute Gasteiger partial charge is 0.325 e. The highest BCUT2D eigenvalue weighted by Crippen LogP contribution is 2.28. The molecular weight excluding hydrogens is 230 g/mol. The number of aryl methyl sites for hydroxylation is 1. The summed E-state index contributed by atoms with van der Waals surface area (Å²) in [6, 6.07) is 0.824. The van der Waals surface area contributed by atoms with Crippen molar-refractivity contribution in [3.8, 4) is 5.75 Å². The topological polar surface area (TPSA) is 75.6 Å². The fraction of sp³-hybridized carbons (Fsp3) is 0.400. The summed E-state index contributed by atoms with van der Waals surface area (Å²) in [6.07, 6.45) is 0. The number of hydrogen-bond acceptors (Lipinski definition) is 4. The molecule has 0 radical (unpaired) electrons. The molecule has 1 heterocycles. The number of hydrogen-bond donors (Lipinski definition) is 2. The van der Waals surface area contributed by atoms with Gasteiger partial charge in [0.25, 0.3) is 5.91 Å². The zero-order valence-corrected chi connectivity index (χ0v) is 10.1. The summed E-state index contributed by atoms with van der Waals surface area (Å²) >= 11 is 1.27. The van der Waals surface area contributed by atoms with Crippen LogP contribution in [0.4, 0.5) is 0 Å². The van der Waals surface area contributed by atoms with Crippen LogP contribution >= 0.6 is 11.3 Å². The van der Waals surface area contributed by atoms with Gasteiger partial charge in [-0.3, -0.25) is 9.59 Å². The molecule has 0 bridgehead atoms. The first-order valence-electron chi connectivity index (χ1n) is 4.63. The van der Waals surface area contributed by atoms with Crippen LogP contribution in [0.25, 0.3) is 0 Å². The number of aliphatic carboxylic acids is 1. The summed E-state index contributed by atoms with van der Waals surface area (Å²) in [6.45, 7) is 3.26. The van der Waals surface area contributed by atoms with Crippen LogP contribution in [0, 0.1) is 6.92 Å². The van der Waals surface area contributed by atoms with E-state index in [1.807, 2.05) is 6.92 Å². The molecule has 1 atom stereocenters. The molecule has 2 N–H and O–H groups in total. The van der Waals surface area contributed by atoms with Crippen LogP contribution in [0.3, 0.4) is 0 Å². The van der Waals surface area contributed by atoms with E-state index in [0.717, 1.165) is 4.88 Å². The maximum absolute atomic E-state index is 11.7. The van der Waals surface area contributed by atoms with Crippen LogP contribution < -0.4 is 10.1 Å². The van der Waals surface area contributed by atoms with Crippen LogP contribution in [-0.4, -0.2) is 30.1 Å². The molecule has 0 aromatic carbocycles. The Kier molecular flexibility index (Phi) is 3.89. The standard InChI is InChI=1S/C10H13NO4S/c1-5-4-7(15-3)8(16-5)9(12)11-6(2)10(13)14/h4,6H,1-3H3,(H,11,12)(H,13,14). The van der Waals surface area contributed by atoms with E-state index in [0.29, 0.717) is 10.6 Å². The number of carboxylic acids is 1. The number of amides is 1. The number of methoxy groups -OCH3 is 1. The van der Waals surface area contributed by atoms with Crippen molar-refractivity contribution in [1.29, 1.82) is 0 Å². The fourth-order valence-electron chi connectivity index (χ4n) is 1.12. The van der Waals surface area contributed by atoms with Crippen LogP contribution in [0.1, 0.15) is 21.5 Å². The Balaban J connectivity index is 2.84. The number of carbonyl (C=O) groups excluding carboxylic acids is 1. The number of ether oxygens (including phenoxy) is 1. The summed E-state index contributed by atoms with van der Waals surface area (Å²) in [5, 5.41) is 11.0. The van der Waals surface area contributed by atoms with Crippen molar-refractivity contribution in [2.24, 2.45) is 0 Å². The Bertz CT molecular complexity index is 413. The Morgan fingerprint density at radius 1 is 1.56 bits per heavy atom. The van der Waals surface area contributed by atoms with Crippen LogP contribution in [0.15, 0.2) is 6.07 Å². The molecule has 0 saturated heterocycles. The van der Waals surface area contributed by atoms with Gasteiger partial charge in [-0.25, -0.2) is 0 Å². The molecular formula is C10H13NO4S. The summed E-state index contributed by atoms with van der Waals surface area (Å²) in [4.78, 5) is 23.6. The van der Waals surface area contributed by atoms with Crippen LogP contribution in [0.5, 0.6) is 5.75 Å². The SMILES string of the molecule is COc1cc(C)sc1C(=O)NC(C)C(=O)O. The fourth-order valence-corrected chi connectivity index (χ4v) is 2.01. The predicted molar refractivity (Wildman–Crippen MR) is 60.2 cm³/mol. The molecule has 0 spiro atoms. The zero-order valence-electron chi connectivity index (χ0n) is 9.23. The van der Waals surface area contributed by atoms with Gasteiger partial charge in [-0.1, -0.05) is 0 Å². The second kappa shape index (κ2) is 4.98. The Morgan fingerprint density at radius 2 is 2.19 bits per heavy atom. The Morgan fingerprint density at radius 3 is 2.69 bits per heavy atom. The number of nitrogens with one attached hydrogen (secondary N) is 1. The second-order valence-electron chi connectivity index (χ2n) is 3.29. The van der Waals surface area contributed by atoms with Gasteiger partial charge in [0.05, 0.1) is 7.11 Å². The van der Waals surface area contributed by atoms with E-state index in [9.17, 15) is 9.59 Å². The third kappa shape index (κ3) is 2.73. The molecule has 0 aliphatic rings. The molecule has 16 heavy (non-hydrogen) atoms. The lowest BCUT2D eigenvalue weighted by Crippen LogP contribution is -2.38. The van der Waals surface area contributed by atoms with E-state index in [4.69, 9.17) is 9.84 Å². The average Bonchev–Trinajstić information content (AvgIpc) is 2.59. The zero-order chi connectivity index (χ0) is 12.3. The predicted octanol–water partition coefficient (Wildman–Crippen LogP) is 1.27. The number of carbonyl (C=O) groups is 2. The minimum atomic E-state index is -1.07. The molecule has 0 aliphatic heterocycles. The van der Waals surface area contributed by atoms with Crippen molar-refractivity contribution in [3.05, 3.63) is 15.8 Å². The van der Waals surface area contributed by atoms with Gasteiger partial charge in [-0.05, 0) is 19.9 Å². The summed E-state index contributed by atoms with van der Waals surface area (Å²) in [7, 11) is 1.47. The number of rotatable bonds is 4. The van der Waals surface area contributed by atoms with E-state index in [1.54, 1.807) is 6.07 Å². The Hall–Kier alpha value is -1.56. The maximum atomic E-state index is 11.7. The van der Waals surface area contributed by atoms with Gasteiger partial charge in [-0.2, -0.15) is 0 Å². The Labute approximate surface area is 97.0 Å². The number of thiophene rings is 1. The summed E-state index contributed by atoms with van der Waals surface area (Å²) < 4.78 is 5.03. The van der Waals surface area contributed by atoms with Gasteiger partial charge in [-0.15, -0.1) is 11.3 Å². The average molecular weight is 243 g/mol. The highest BCUT2D eigenvalue weighted by atomic mass is 32.1. The molecule has 1 aromatic heterocycles. The lowest BCUT2D eigenvalue weighted by molar-refractivity contribution is -0.138. The van der Waals surface area contributed by atoms with Crippen molar-refractivity contribution in [3.63, 3.8) is 0 Å². The largest absolute Gasteiger partial charge is 0.495 e. The molecule has 0 saturated carbocycles. The van der Waals surface area contributed by atoms with Crippen molar-refractivity contribution in [2.45, 2.75) is 19.9 Å². The molecule has 1 unspecified atom stereocenters.